The van der Waals surface area contributed by atoms with Gasteiger partial charge < -0.3 is 9.64 Å². The van der Waals surface area contributed by atoms with Crippen molar-refractivity contribution >= 4 is 22.9 Å². The maximum absolute atomic E-state index is 12.1. The average Bonchev–Trinajstić information content (AvgIpc) is 2.31. The number of hydrogen-bond acceptors (Lipinski definition) is 3. The molecule has 2 aliphatic heterocycles. The van der Waals surface area contributed by atoms with Crippen LogP contribution in [-0.4, -0.2) is 34.9 Å². The first-order valence-corrected chi connectivity index (χ1v) is 7.32. The van der Waals surface area contributed by atoms with Crippen molar-refractivity contribution in [1.82, 2.24) is 4.90 Å². The Morgan fingerprint density at radius 3 is 2.85 bits per heavy atom. The highest BCUT2D eigenvalue weighted by molar-refractivity contribution is 6.65. The van der Waals surface area contributed by atoms with Gasteiger partial charge in [0.1, 0.15) is 10.8 Å². The third-order valence-corrected chi connectivity index (χ3v) is 3.38. The van der Waals surface area contributed by atoms with Crippen molar-refractivity contribution < 1.29 is 9.53 Å². The van der Waals surface area contributed by atoms with E-state index in [2.05, 4.69) is 17.1 Å². The van der Waals surface area contributed by atoms with E-state index in [1.165, 1.54) is 5.57 Å². The van der Waals surface area contributed by atoms with Crippen molar-refractivity contribution in [3.8, 4) is 0 Å². The second kappa shape index (κ2) is 6.00. The molecule has 2 rings (SSSR count). The van der Waals surface area contributed by atoms with Gasteiger partial charge >= 0.3 is 6.09 Å². The molecule has 4 nitrogen and oxygen atoms in total. The van der Waals surface area contributed by atoms with E-state index in [1.54, 1.807) is 4.90 Å². The van der Waals surface area contributed by atoms with Crippen LogP contribution in [-0.2, 0) is 4.74 Å². The van der Waals surface area contributed by atoms with Crippen LogP contribution in [0.1, 0.15) is 40.0 Å². The summed E-state index contributed by atoms with van der Waals surface area (Å²) >= 11 is 6.09. The van der Waals surface area contributed by atoms with Crippen LogP contribution >= 0.6 is 11.6 Å². The molecule has 0 radical (unpaired) electrons. The molecule has 0 bridgehead atoms. The highest BCUT2D eigenvalue weighted by atomic mass is 35.5. The van der Waals surface area contributed by atoms with Gasteiger partial charge in [-0.05, 0) is 39.2 Å². The number of carbonyl (C=O) groups is 1. The molecule has 0 aliphatic carbocycles. The maximum Gasteiger partial charge on any atom is 0.410 e. The van der Waals surface area contributed by atoms with E-state index >= 15 is 0 Å². The Hall–Kier alpha value is -1.29. The molecule has 5 heteroatoms. The number of hydrogen-bond donors (Lipinski definition) is 0. The van der Waals surface area contributed by atoms with Crippen LogP contribution in [0.15, 0.2) is 28.4 Å². The number of ether oxygens (including phenoxy) is 1. The van der Waals surface area contributed by atoms with Gasteiger partial charge in [0.2, 0.25) is 0 Å². The first-order chi connectivity index (χ1) is 9.35. The monoisotopic (exact) mass is 296 g/mol. The van der Waals surface area contributed by atoms with Gasteiger partial charge in [-0.3, -0.25) is 0 Å². The third-order valence-electron chi connectivity index (χ3n) is 3.11. The van der Waals surface area contributed by atoms with Crippen LogP contribution in [0.25, 0.3) is 0 Å². The van der Waals surface area contributed by atoms with Gasteiger partial charge in [-0.25, -0.2) is 9.79 Å². The molecule has 2 heterocycles. The summed E-state index contributed by atoms with van der Waals surface area (Å²) in [6, 6.07) is 0. The lowest BCUT2D eigenvalue weighted by Crippen LogP contribution is -2.40. The molecule has 0 atom stereocenters. The summed E-state index contributed by atoms with van der Waals surface area (Å²) in [4.78, 5) is 18.2. The van der Waals surface area contributed by atoms with E-state index < -0.39 is 5.60 Å². The molecular weight excluding hydrogens is 276 g/mol. The number of carbonyl (C=O) groups excluding carboxylic acids is 1. The number of amides is 1. The molecular formula is C15H21ClN2O2. The first kappa shape index (κ1) is 15.1. The van der Waals surface area contributed by atoms with E-state index in [-0.39, 0.29) is 6.09 Å². The van der Waals surface area contributed by atoms with Crippen molar-refractivity contribution in [3.63, 3.8) is 0 Å². The molecule has 0 saturated carbocycles. The molecule has 0 aromatic carbocycles. The fraction of sp³-hybridized carbons (Fsp3) is 0.600. The lowest BCUT2D eigenvalue weighted by Gasteiger charge is -2.31. The molecule has 1 amide bonds. The summed E-state index contributed by atoms with van der Waals surface area (Å²) in [5.74, 6) is 0. The second-order valence-electron chi connectivity index (χ2n) is 6.05. The van der Waals surface area contributed by atoms with E-state index in [4.69, 9.17) is 16.3 Å². The minimum Gasteiger partial charge on any atom is -0.444 e. The molecule has 110 valence electrons. The summed E-state index contributed by atoms with van der Waals surface area (Å²) in [6.45, 7) is 6.73. The summed E-state index contributed by atoms with van der Waals surface area (Å²) in [7, 11) is 0. The number of halogens is 1. The van der Waals surface area contributed by atoms with E-state index in [0.717, 1.165) is 25.0 Å². The van der Waals surface area contributed by atoms with Gasteiger partial charge in [0.25, 0.3) is 0 Å². The molecule has 0 spiro atoms. The van der Waals surface area contributed by atoms with Crippen LogP contribution in [0.3, 0.4) is 0 Å². The number of aliphatic imine (C=N–C) groups is 1. The fourth-order valence-electron chi connectivity index (χ4n) is 2.16. The standard InChI is InChI=1S/C15H21ClN2O2/c1-15(2,3)20-14(19)18-9-8-11-6-4-5-7-13(16)17-12(11)10-18/h4,6H,5,7-10H2,1-3H3/b6-4-,17-13?. The Kier molecular flexibility index (Phi) is 4.53. The van der Waals surface area contributed by atoms with E-state index in [9.17, 15) is 4.79 Å². The summed E-state index contributed by atoms with van der Waals surface area (Å²) < 4.78 is 5.40. The Labute approximate surface area is 125 Å². The smallest absolute Gasteiger partial charge is 0.410 e. The average molecular weight is 297 g/mol. The normalized spacial score (nSPS) is 21.6. The van der Waals surface area contributed by atoms with Crippen molar-refractivity contribution in [2.45, 2.75) is 45.6 Å². The van der Waals surface area contributed by atoms with Crippen molar-refractivity contribution in [3.05, 3.63) is 23.4 Å². The summed E-state index contributed by atoms with van der Waals surface area (Å²) in [5, 5.41) is 0.605. The Morgan fingerprint density at radius 1 is 1.40 bits per heavy atom. The summed E-state index contributed by atoms with van der Waals surface area (Å²) in [5.41, 5.74) is 1.57. The molecule has 0 aromatic rings. The Balaban J connectivity index is 2.13. The van der Waals surface area contributed by atoms with E-state index in [1.807, 2.05) is 20.8 Å². The lowest BCUT2D eigenvalue weighted by molar-refractivity contribution is 0.0260. The summed E-state index contributed by atoms with van der Waals surface area (Å²) in [6.07, 6.45) is 6.39. The van der Waals surface area contributed by atoms with E-state index in [0.29, 0.717) is 18.3 Å². The molecule has 20 heavy (non-hydrogen) atoms. The van der Waals surface area contributed by atoms with Gasteiger partial charge in [0.15, 0.2) is 0 Å². The number of nitrogens with zero attached hydrogens (tertiary/aromatic N) is 2. The van der Waals surface area contributed by atoms with Crippen molar-refractivity contribution in [1.29, 1.82) is 0 Å². The minimum atomic E-state index is -0.479. The van der Waals surface area contributed by atoms with Gasteiger partial charge in [0.05, 0.1) is 12.2 Å². The van der Waals surface area contributed by atoms with Gasteiger partial charge in [-0.1, -0.05) is 23.8 Å². The lowest BCUT2D eigenvalue weighted by atomic mass is 10.0. The zero-order valence-electron chi connectivity index (χ0n) is 12.3. The zero-order valence-corrected chi connectivity index (χ0v) is 13.0. The molecule has 0 aromatic heterocycles. The second-order valence-corrected chi connectivity index (χ2v) is 6.49. The largest absolute Gasteiger partial charge is 0.444 e. The Morgan fingerprint density at radius 2 is 2.15 bits per heavy atom. The molecule has 2 aliphatic rings. The fourth-order valence-corrected chi connectivity index (χ4v) is 2.37. The molecule has 0 N–H and O–H groups in total. The van der Waals surface area contributed by atoms with Crippen molar-refractivity contribution in [2.75, 3.05) is 13.1 Å². The highest BCUT2D eigenvalue weighted by Gasteiger charge is 2.26. The van der Waals surface area contributed by atoms with Gasteiger partial charge in [-0.15, -0.1) is 0 Å². The van der Waals surface area contributed by atoms with Crippen LogP contribution in [0.5, 0.6) is 0 Å². The zero-order chi connectivity index (χ0) is 14.8. The van der Waals surface area contributed by atoms with Crippen LogP contribution in [0.4, 0.5) is 4.79 Å². The minimum absolute atomic E-state index is 0.290. The van der Waals surface area contributed by atoms with Crippen LogP contribution in [0, 0.1) is 0 Å². The van der Waals surface area contributed by atoms with Crippen molar-refractivity contribution in [2.24, 2.45) is 4.99 Å². The van der Waals surface area contributed by atoms with Gasteiger partial charge in [-0.2, -0.15) is 0 Å². The molecule has 0 fully saturated rings. The highest BCUT2D eigenvalue weighted by Crippen LogP contribution is 2.24. The maximum atomic E-state index is 12.1. The Bertz CT molecular complexity index is 487. The quantitative estimate of drug-likeness (QED) is 0.681. The van der Waals surface area contributed by atoms with Gasteiger partial charge in [0, 0.05) is 13.0 Å². The third kappa shape index (κ3) is 4.10. The van der Waals surface area contributed by atoms with Crippen LogP contribution < -0.4 is 0 Å². The predicted molar refractivity (Wildman–Crippen MR) is 81.1 cm³/mol. The molecule has 0 unspecified atom stereocenters. The molecule has 0 saturated heterocycles. The topological polar surface area (TPSA) is 41.9 Å². The SMILES string of the molecule is CC(C)(C)OC(=O)N1CCC2=C(C1)N=C(Cl)CC/C=C\2. The predicted octanol–water partition coefficient (Wildman–Crippen LogP) is 3.87. The first-order valence-electron chi connectivity index (χ1n) is 6.95. The number of allylic oxidation sites excluding steroid dienone is 2. The number of rotatable bonds is 0. The van der Waals surface area contributed by atoms with Crippen LogP contribution in [0.2, 0.25) is 0 Å².